The minimum Gasteiger partial charge on any atom is -0.341 e. The molecule has 0 saturated carbocycles. The molecular weight excluding hydrogens is 412 g/mol. The molecule has 2 aromatic carbocycles. The maximum absolute atomic E-state index is 12.7. The molecule has 1 atom stereocenters. The lowest BCUT2D eigenvalue weighted by Crippen LogP contribution is -2.59. The average molecular weight is 439 g/mol. The quantitative estimate of drug-likeness (QED) is 0.452. The van der Waals surface area contributed by atoms with Crippen molar-refractivity contribution in [1.29, 1.82) is 0 Å². The number of carbonyl (C=O) groups is 2. The van der Waals surface area contributed by atoms with E-state index in [1.165, 1.54) is 36.3 Å². The summed E-state index contributed by atoms with van der Waals surface area (Å²) in [4.78, 5) is 25.1. The van der Waals surface area contributed by atoms with Gasteiger partial charge in [-0.1, -0.05) is 43.8 Å². The molecule has 0 spiro atoms. The zero-order valence-corrected chi connectivity index (χ0v) is 18.4. The molecular formula is C20H26N2O5S2. The van der Waals surface area contributed by atoms with Crippen LogP contribution in [0.2, 0.25) is 0 Å². The molecule has 158 valence electrons. The van der Waals surface area contributed by atoms with Gasteiger partial charge in [0.05, 0.1) is 10.6 Å². The number of nitrogens with one attached hydrogen (secondary N) is 2. The van der Waals surface area contributed by atoms with E-state index in [0.717, 1.165) is 16.7 Å². The van der Waals surface area contributed by atoms with Gasteiger partial charge in [0.25, 0.3) is 5.91 Å². The lowest BCUT2D eigenvalue weighted by atomic mass is 10.1. The number of sulfone groups is 1. The molecule has 2 aromatic rings. The molecule has 3 N–H and O–H groups in total. The molecule has 2 amide bonds. The summed E-state index contributed by atoms with van der Waals surface area (Å²) in [5.74, 6) is -2.31. The van der Waals surface area contributed by atoms with Crippen LogP contribution in [0.4, 0.5) is 0 Å². The Kier molecular flexibility index (Phi) is 9.35. The van der Waals surface area contributed by atoms with Crippen LogP contribution >= 0.6 is 11.8 Å². The minimum atomic E-state index is -3.90. The normalized spacial score (nSPS) is 12.7. The zero-order valence-electron chi connectivity index (χ0n) is 16.8. The number of hydrogen-bond donors (Lipinski definition) is 3. The highest BCUT2D eigenvalue weighted by atomic mass is 32.2. The molecule has 0 aliphatic heterocycles. The lowest BCUT2D eigenvalue weighted by Gasteiger charge is -2.27. The van der Waals surface area contributed by atoms with Gasteiger partial charge >= 0.3 is 0 Å². The van der Waals surface area contributed by atoms with Crippen molar-refractivity contribution in [1.82, 2.24) is 10.8 Å². The highest BCUT2D eigenvalue weighted by molar-refractivity contribution is 7.99. The van der Waals surface area contributed by atoms with Crippen LogP contribution in [0.15, 0.2) is 69.3 Å². The van der Waals surface area contributed by atoms with E-state index in [0.29, 0.717) is 0 Å². The van der Waals surface area contributed by atoms with Crippen LogP contribution in [-0.4, -0.2) is 36.7 Å². The van der Waals surface area contributed by atoms with Crippen LogP contribution < -0.4 is 10.8 Å². The summed E-state index contributed by atoms with van der Waals surface area (Å²) >= 11 is 1.49. The van der Waals surface area contributed by atoms with E-state index in [1.54, 1.807) is 12.1 Å². The third-order valence-corrected chi connectivity index (χ3v) is 6.66. The number of hydroxylamine groups is 1. The summed E-state index contributed by atoms with van der Waals surface area (Å²) in [6.45, 7) is 6.39. The number of hydrogen-bond acceptors (Lipinski definition) is 6. The van der Waals surface area contributed by atoms with Crippen molar-refractivity contribution >= 4 is 33.4 Å². The predicted octanol–water partition coefficient (Wildman–Crippen LogP) is 3.04. The Morgan fingerprint density at radius 3 is 2.00 bits per heavy atom. The largest absolute Gasteiger partial charge is 0.341 e. The maximum Gasteiger partial charge on any atom is 0.269 e. The molecule has 1 unspecified atom stereocenters. The fourth-order valence-electron chi connectivity index (χ4n) is 2.47. The Balaban J connectivity index is 0.00000204. The number of benzene rings is 2. The topological polar surface area (TPSA) is 113 Å². The summed E-state index contributed by atoms with van der Waals surface area (Å²) in [7, 11) is -3.90. The number of rotatable bonds is 7. The molecule has 7 nitrogen and oxygen atoms in total. The first kappa shape index (κ1) is 24.7. The molecule has 0 aliphatic carbocycles. The van der Waals surface area contributed by atoms with Gasteiger partial charge in [-0.05, 0) is 43.3 Å². The van der Waals surface area contributed by atoms with Crippen LogP contribution in [0.3, 0.4) is 0 Å². The number of carbonyl (C=O) groups excluding carboxylic acids is 2. The van der Waals surface area contributed by atoms with Gasteiger partial charge in [-0.25, -0.2) is 13.9 Å². The molecule has 0 aromatic heterocycles. The summed E-state index contributed by atoms with van der Waals surface area (Å²) < 4.78 is 25.4. The van der Waals surface area contributed by atoms with Crippen LogP contribution in [0.25, 0.3) is 0 Å². The van der Waals surface area contributed by atoms with E-state index in [2.05, 4.69) is 5.32 Å². The Morgan fingerprint density at radius 2 is 1.52 bits per heavy atom. The highest BCUT2D eigenvalue weighted by Crippen LogP contribution is 2.28. The maximum atomic E-state index is 12.7. The second kappa shape index (κ2) is 11.0. The monoisotopic (exact) mass is 438 g/mol. The van der Waals surface area contributed by atoms with Crippen molar-refractivity contribution in [2.75, 3.05) is 5.75 Å². The first-order valence-corrected chi connectivity index (χ1v) is 11.4. The van der Waals surface area contributed by atoms with Crippen molar-refractivity contribution in [2.24, 2.45) is 0 Å². The smallest absolute Gasteiger partial charge is 0.269 e. The SMILES string of the molecule is CC.CC(=O)NC(C)(CS(=O)(=O)c1ccc(Sc2ccccc2)cc1)C(=O)NO. The fourth-order valence-corrected chi connectivity index (χ4v) is 4.99. The van der Waals surface area contributed by atoms with Crippen LogP contribution in [0.1, 0.15) is 27.7 Å². The van der Waals surface area contributed by atoms with Gasteiger partial charge in [-0.2, -0.15) is 0 Å². The Labute approximate surface area is 175 Å². The third-order valence-electron chi connectivity index (χ3n) is 3.70. The molecule has 0 radical (unpaired) electrons. The second-order valence-corrected chi connectivity index (χ2v) is 9.24. The van der Waals surface area contributed by atoms with Gasteiger partial charge in [0, 0.05) is 16.7 Å². The van der Waals surface area contributed by atoms with E-state index < -0.39 is 32.9 Å². The molecule has 0 aliphatic rings. The first-order chi connectivity index (χ1) is 13.7. The lowest BCUT2D eigenvalue weighted by molar-refractivity contribution is -0.137. The highest BCUT2D eigenvalue weighted by Gasteiger charge is 2.39. The second-order valence-electron chi connectivity index (χ2n) is 6.10. The van der Waals surface area contributed by atoms with Gasteiger partial charge in [0.2, 0.25) is 5.91 Å². The summed E-state index contributed by atoms with van der Waals surface area (Å²) in [6, 6.07) is 15.9. The van der Waals surface area contributed by atoms with Gasteiger partial charge in [-0.15, -0.1) is 0 Å². The summed E-state index contributed by atoms with van der Waals surface area (Å²) in [6.07, 6.45) is 0. The van der Waals surface area contributed by atoms with Gasteiger partial charge in [0.15, 0.2) is 9.84 Å². The Hall–Kier alpha value is -2.36. The van der Waals surface area contributed by atoms with Crippen molar-refractivity contribution in [3.8, 4) is 0 Å². The van der Waals surface area contributed by atoms with Crippen LogP contribution in [0.5, 0.6) is 0 Å². The van der Waals surface area contributed by atoms with E-state index >= 15 is 0 Å². The fraction of sp³-hybridized carbons (Fsp3) is 0.300. The van der Waals surface area contributed by atoms with Crippen molar-refractivity contribution in [3.05, 3.63) is 54.6 Å². The van der Waals surface area contributed by atoms with E-state index in [-0.39, 0.29) is 4.90 Å². The molecule has 29 heavy (non-hydrogen) atoms. The van der Waals surface area contributed by atoms with E-state index in [1.807, 2.05) is 44.2 Å². The molecule has 0 saturated heterocycles. The van der Waals surface area contributed by atoms with Crippen molar-refractivity contribution < 1.29 is 23.2 Å². The molecule has 0 bridgehead atoms. The van der Waals surface area contributed by atoms with Gasteiger partial charge in [0.1, 0.15) is 5.54 Å². The Bertz CT molecular complexity index is 916. The van der Waals surface area contributed by atoms with E-state index in [4.69, 9.17) is 5.21 Å². The number of amides is 2. The van der Waals surface area contributed by atoms with Crippen molar-refractivity contribution in [3.63, 3.8) is 0 Å². The Morgan fingerprint density at radius 1 is 1.00 bits per heavy atom. The minimum absolute atomic E-state index is 0.0160. The van der Waals surface area contributed by atoms with E-state index in [9.17, 15) is 18.0 Å². The van der Waals surface area contributed by atoms with Crippen LogP contribution in [0, 0.1) is 0 Å². The van der Waals surface area contributed by atoms with Gasteiger partial charge in [-0.3, -0.25) is 14.8 Å². The standard InChI is InChI=1S/C18H20N2O5S2.C2H6/c1-13(21)19-18(2,17(22)20-23)12-27(24,25)16-10-8-15(9-11-16)26-14-6-4-3-5-7-14;1-2/h3-11,23H,12H2,1-2H3,(H,19,21)(H,20,22);1-2H3. The van der Waals surface area contributed by atoms with Gasteiger partial charge < -0.3 is 5.32 Å². The predicted molar refractivity (Wildman–Crippen MR) is 113 cm³/mol. The third kappa shape index (κ3) is 7.19. The summed E-state index contributed by atoms with van der Waals surface area (Å²) in [5.41, 5.74) is -0.409. The zero-order chi connectivity index (χ0) is 22.1. The van der Waals surface area contributed by atoms with Crippen LogP contribution in [-0.2, 0) is 19.4 Å². The average Bonchev–Trinajstić information content (AvgIpc) is 2.69. The molecule has 9 heteroatoms. The first-order valence-electron chi connectivity index (χ1n) is 8.95. The van der Waals surface area contributed by atoms with Crippen molar-refractivity contribution in [2.45, 2.75) is 47.9 Å². The molecule has 0 fully saturated rings. The molecule has 2 rings (SSSR count). The molecule has 0 heterocycles. The summed E-state index contributed by atoms with van der Waals surface area (Å²) in [5, 5.41) is 11.2.